The summed E-state index contributed by atoms with van der Waals surface area (Å²) < 4.78 is 0. The van der Waals surface area contributed by atoms with Gasteiger partial charge in [-0.05, 0) is 37.4 Å². The molecule has 2 rings (SSSR count). The molecule has 0 unspecified atom stereocenters. The van der Waals surface area contributed by atoms with Crippen molar-refractivity contribution in [1.29, 1.82) is 0 Å². The highest BCUT2D eigenvalue weighted by atomic mass is 16.1. The Morgan fingerprint density at radius 1 is 1.08 bits per heavy atom. The molecule has 1 amide bonds. The third-order valence-electron chi connectivity index (χ3n) is 3.78. The summed E-state index contributed by atoms with van der Waals surface area (Å²) in [6, 6.07) is 14.7. The number of hydrogen-bond donors (Lipinski definition) is 2. The summed E-state index contributed by atoms with van der Waals surface area (Å²) in [6.07, 6.45) is 3.58. The number of rotatable bonds is 8. The van der Waals surface area contributed by atoms with E-state index in [1.165, 1.54) is 6.08 Å². The van der Waals surface area contributed by atoms with Gasteiger partial charge in [0.2, 0.25) is 5.91 Å². The molecule has 0 fully saturated rings. The number of ketones is 1. The SMILES string of the molecule is CN(C)C/C=C/C(=O)Nc1cccc(C(=O)Cc2cccc(CN)c2)c1. The highest BCUT2D eigenvalue weighted by Gasteiger charge is 2.09. The summed E-state index contributed by atoms with van der Waals surface area (Å²) in [5.41, 5.74) is 8.75. The Hall–Kier alpha value is -2.76. The van der Waals surface area contributed by atoms with Crippen LogP contribution in [0, 0.1) is 0 Å². The third-order valence-corrected chi connectivity index (χ3v) is 3.78. The number of carbonyl (C=O) groups excluding carboxylic acids is 2. The van der Waals surface area contributed by atoms with Crippen LogP contribution in [-0.2, 0) is 17.8 Å². The van der Waals surface area contributed by atoms with Crippen molar-refractivity contribution in [2.45, 2.75) is 13.0 Å². The highest BCUT2D eigenvalue weighted by Crippen LogP contribution is 2.14. The maximum atomic E-state index is 12.5. The number of nitrogens with zero attached hydrogens (tertiary/aromatic N) is 1. The first-order valence-electron chi connectivity index (χ1n) is 8.51. The first-order valence-corrected chi connectivity index (χ1v) is 8.51. The summed E-state index contributed by atoms with van der Waals surface area (Å²) in [4.78, 5) is 26.4. The van der Waals surface area contributed by atoms with E-state index in [2.05, 4.69) is 5.32 Å². The van der Waals surface area contributed by atoms with Crippen LogP contribution in [0.5, 0.6) is 0 Å². The fourth-order valence-corrected chi connectivity index (χ4v) is 2.48. The van der Waals surface area contributed by atoms with E-state index in [0.29, 0.717) is 30.8 Å². The number of anilines is 1. The van der Waals surface area contributed by atoms with Gasteiger partial charge in [0.15, 0.2) is 5.78 Å². The Morgan fingerprint density at radius 2 is 1.81 bits per heavy atom. The van der Waals surface area contributed by atoms with Crippen molar-refractivity contribution in [2.75, 3.05) is 26.0 Å². The highest BCUT2D eigenvalue weighted by molar-refractivity contribution is 6.02. The maximum Gasteiger partial charge on any atom is 0.248 e. The van der Waals surface area contributed by atoms with Gasteiger partial charge in [0, 0.05) is 36.8 Å². The van der Waals surface area contributed by atoms with Crippen LogP contribution in [0.25, 0.3) is 0 Å². The van der Waals surface area contributed by atoms with Crippen LogP contribution in [-0.4, -0.2) is 37.2 Å². The molecule has 0 aliphatic carbocycles. The predicted molar refractivity (Wildman–Crippen MR) is 105 cm³/mol. The minimum absolute atomic E-state index is 0.00146. The zero-order chi connectivity index (χ0) is 18.9. The zero-order valence-corrected chi connectivity index (χ0v) is 15.2. The molecule has 2 aromatic rings. The largest absolute Gasteiger partial charge is 0.326 e. The van der Waals surface area contributed by atoms with Gasteiger partial charge in [-0.25, -0.2) is 0 Å². The molecule has 0 saturated carbocycles. The van der Waals surface area contributed by atoms with Crippen molar-refractivity contribution in [3.63, 3.8) is 0 Å². The van der Waals surface area contributed by atoms with Crippen LogP contribution >= 0.6 is 0 Å². The van der Waals surface area contributed by atoms with Gasteiger partial charge in [-0.2, -0.15) is 0 Å². The molecule has 26 heavy (non-hydrogen) atoms. The van der Waals surface area contributed by atoms with Crippen molar-refractivity contribution in [3.8, 4) is 0 Å². The van der Waals surface area contributed by atoms with Crippen LogP contribution < -0.4 is 11.1 Å². The molecule has 0 aromatic heterocycles. The average Bonchev–Trinajstić information content (AvgIpc) is 2.61. The topological polar surface area (TPSA) is 75.4 Å². The van der Waals surface area contributed by atoms with Crippen LogP contribution in [0.15, 0.2) is 60.7 Å². The van der Waals surface area contributed by atoms with Gasteiger partial charge in [-0.1, -0.05) is 42.5 Å². The molecule has 0 aliphatic heterocycles. The number of nitrogens with two attached hydrogens (primary N) is 1. The van der Waals surface area contributed by atoms with E-state index in [-0.39, 0.29) is 11.7 Å². The van der Waals surface area contributed by atoms with E-state index in [9.17, 15) is 9.59 Å². The normalized spacial score (nSPS) is 11.1. The lowest BCUT2D eigenvalue weighted by Crippen LogP contribution is -2.13. The minimum atomic E-state index is -0.216. The molecule has 136 valence electrons. The molecule has 0 atom stereocenters. The van der Waals surface area contributed by atoms with Crippen LogP contribution in [0.2, 0.25) is 0 Å². The van der Waals surface area contributed by atoms with E-state index < -0.39 is 0 Å². The van der Waals surface area contributed by atoms with Crippen molar-refractivity contribution in [1.82, 2.24) is 4.90 Å². The van der Waals surface area contributed by atoms with Crippen LogP contribution in [0.3, 0.4) is 0 Å². The molecule has 0 spiro atoms. The van der Waals surface area contributed by atoms with Crippen molar-refractivity contribution >= 4 is 17.4 Å². The lowest BCUT2D eigenvalue weighted by molar-refractivity contribution is -0.111. The fourth-order valence-electron chi connectivity index (χ4n) is 2.48. The summed E-state index contributed by atoms with van der Waals surface area (Å²) in [6.45, 7) is 1.14. The Bertz CT molecular complexity index is 797. The molecule has 0 bridgehead atoms. The Kier molecular flexibility index (Phi) is 7.26. The van der Waals surface area contributed by atoms with E-state index in [1.54, 1.807) is 30.3 Å². The average molecular weight is 351 g/mol. The van der Waals surface area contributed by atoms with Gasteiger partial charge >= 0.3 is 0 Å². The summed E-state index contributed by atoms with van der Waals surface area (Å²) in [7, 11) is 3.86. The Labute approximate surface area is 154 Å². The minimum Gasteiger partial charge on any atom is -0.326 e. The van der Waals surface area contributed by atoms with E-state index in [0.717, 1.165) is 11.1 Å². The summed E-state index contributed by atoms with van der Waals surface area (Å²) in [5, 5.41) is 2.78. The molecule has 5 nitrogen and oxygen atoms in total. The van der Waals surface area contributed by atoms with Crippen molar-refractivity contribution in [3.05, 3.63) is 77.4 Å². The number of nitrogens with one attached hydrogen (secondary N) is 1. The number of Topliss-reactive ketones (excluding diaryl/α,β-unsaturated/α-hetero) is 1. The standard InChI is InChI=1S/C21H25N3O2/c1-24(2)11-5-10-21(26)23-19-9-4-8-18(14-19)20(25)13-16-6-3-7-17(12-16)15-22/h3-10,12,14H,11,13,15,22H2,1-2H3,(H,23,26)/b10-5+. The molecule has 0 radical (unpaired) electrons. The van der Waals surface area contributed by atoms with Gasteiger partial charge < -0.3 is 16.0 Å². The second-order valence-electron chi connectivity index (χ2n) is 6.36. The second kappa shape index (κ2) is 9.65. The molecule has 2 aromatic carbocycles. The first kappa shape index (κ1) is 19.6. The number of hydrogen-bond acceptors (Lipinski definition) is 4. The van der Waals surface area contributed by atoms with E-state index >= 15 is 0 Å². The van der Waals surface area contributed by atoms with Crippen LogP contribution in [0.4, 0.5) is 5.69 Å². The number of carbonyl (C=O) groups is 2. The van der Waals surface area contributed by atoms with Crippen molar-refractivity contribution in [2.24, 2.45) is 5.73 Å². The third kappa shape index (κ3) is 6.27. The lowest BCUT2D eigenvalue weighted by Gasteiger charge is -2.07. The summed E-state index contributed by atoms with van der Waals surface area (Å²) in [5.74, 6) is -0.217. The fraction of sp³-hybridized carbons (Fsp3) is 0.238. The monoisotopic (exact) mass is 351 g/mol. The quantitative estimate of drug-likeness (QED) is 0.566. The number of amides is 1. The molecule has 5 heteroatoms. The van der Waals surface area contributed by atoms with Gasteiger partial charge in [0.1, 0.15) is 0 Å². The molecule has 0 saturated heterocycles. The Morgan fingerprint density at radius 3 is 2.54 bits per heavy atom. The van der Waals surface area contributed by atoms with E-state index in [1.807, 2.05) is 43.3 Å². The smallest absolute Gasteiger partial charge is 0.248 e. The second-order valence-corrected chi connectivity index (χ2v) is 6.36. The first-order chi connectivity index (χ1) is 12.5. The molecular formula is C21H25N3O2. The zero-order valence-electron chi connectivity index (χ0n) is 15.2. The van der Waals surface area contributed by atoms with Crippen molar-refractivity contribution < 1.29 is 9.59 Å². The van der Waals surface area contributed by atoms with Gasteiger partial charge in [-0.3, -0.25) is 9.59 Å². The van der Waals surface area contributed by atoms with Gasteiger partial charge in [0.05, 0.1) is 0 Å². The summed E-state index contributed by atoms with van der Waals surface area (Å²) >= 11 is 0. The van der Waals surface area contributed by atoms with Crippen LogP contribution in [0.1, 0.15) is 21.5 Å². The van der Waals surface area contributed by atoms with Gasteiger partial charge in [-0.15, -0.1) is 0 Å². The number of likely N-dealkylation sites (N-methyl/N-ethyl adjacent to an activating group) is 1. The molecule has 3 N–H and O–H groups in total. The Balaban J connectivity index is 2.02. The van der Waals surface area contributed by atoms with Gasteiger partial charge in [0.25, 0.3) is 0 Å². The molecule has 0 aliphatic rings. The number of benzene rings is 2. The molecule has 0 heterocycles. The molecular weight excluding hydrogens is 326 g/mol. The predicted octanol–water partition coefficient (Wildman–Crippen LogP) is 2.63. The van der Waals surface area contributed by atoms with E-state index in [4.69, 9.17) is 5.73 Å². The maximum absolute atomic E-state index is 12.5. The lowest BCUT2D eigenvalue weighted by atomic mass is 10.0.